The number of nitrogens with zero attached hydrogens (tertiary/aromatic N) is 1. The summed E-state index contributed by atoms with van der Waals surface area (Å²) in [6.45, 7) is 4.83. The van der Waals surface area contributed by atoms with Gasteiger partial charge in [-0.05, 0) is 13.8 Å². The van der Waals surface area contributed by atoms with Crippen molar-refractivity contribution in [1.29, 1.82) is 0 Å². The van der Waals surface area contributed by atoms with E-state index >= 15 is 0 Å². The van der Waals surface area contributed by atoms with E-state index < -0.39 is 16.1 Å². The van der Waals surface area contributed by atoms with Crippen molar-refractivity contribution in [3.05, 3.63) is 0 Å². The fourth-order valence-electron chi connectivity index (χ4n) is 1.76. The van der Waals surface area contributed by atoms with Crippen molar-refractivity contribution >= 4 is 10.0 Å². The molecule has 0 unspecified atom stereocenters. The Labute approximate surface area is 103 Å². The highest BCUT2D eigenvalue weighted by Crippen LogP contribution is 2.12. The number of ether oxygens (including phenoxy) is 1. The van der Waals surface area contributed by atoms with Crippen molar-refractivity contribution in [2.75, 3.05) is 32.5 Å². The average molecular weight is 266 g/mol. The number of sulfonamides is 1. The van der Waals surface area contributed by atoms with E-state index in [4.69, 9.17) is 4.74 Å². The summed E-state index contributed by atoms with van der Waals surface area (Å²) in [5.41, 5.74) is 0. The molecule has 6 nitrogen and oxygen atoms in total. The topological polar surface area (TPSA) is 78.9 Å². The second kappa shape index (κ2) is 6.10. The summed E-state index contributed by atoms with van der Waals surface area (Å²) in [4.78, 5) is 0. The molecule has 0 aliphatic carbocycles. The summed E-state index contributed by atoms with van der Waals surface area (Å²) in [5.74, 6) is -0.0507. The normalized spacial score (nSPS) is 26.0. The smallest absolute Gasteiger partial charge is 0.216 e. The van der Waals surface area contributed by atoms with Crippen LogP contribution in [0.2, 0.25) is 0 Å². The van der Waals surface area contributed by atoms with E-state index in [9.17, 15) is 13.5 Å². The fourth-order valence-corrected chi connectivity index (χ4v) is 2.98. The lowest BCUT2D eigenvalue weighted by Gasteiger charge is -2.25. The van der Waals surface area contributed by atoms with Crippen molar-refractivity contribution in [3.63, 3.8) is 0 Å². The van der Waals surface area contributed by atoms with Crippen LogP contribution >= 0.6 is 0 Å². The van der Waals surface area contributed by atoms with Gasteiger partial charge in [-0.15, -0.1) is 0 Å². The van der Waals surface area contributed by atoms with Gasteiger partial charge in [-0.25, -0.2) is 8.42 Å². The summed E-state index contributed by atoms with van der Waals surface area (Å²) in [5, 5.41) is 12.6. The van der Waals surface area contributed by atoms with Crippen molar-refractivity contribution in [2.45, 2.75) is 32.1 Å². The maximum absolute atomic E-state index is 12.0. The molecule has 0 aromatic carbocycles. The Morgan fingerprint density at radius 3 is 2.59 bits per heavy atom. The third kappa shape index (κ3) is 4.18. The molecule has 0 spiro atoms. The van der Waals surface area contributed by atoms with E-state index in [1.54, 1.807) is 0 Å². The largest absolute Gasteiger partial charge is 0.390 e. The van der Waals surface area contributed by atoms with Gasteiger partial charge in [-0.2, -0.15) is 4.31 Å². The third-order valence-corrected chi connectivity index (χ3v) is 4.68. The highest BCUT2D eigenvalue weighted by molar-refractivity contribution is 7.89. The Kier molecular flexibility index (Phi) is 5.33. The third-order valence-electron chi connectivity index (χ3n) is 2.85. The van der Waals surface area contributed by atoms with Gasteiger partial charge in [0.25, 0.3) is 0 Å². The molecule has 0 aromatic rings. The summed E-state index contributed by atoms with van der Waals surface area (Å²) in [6.07, 6.45) is -0.616. The molecular weight excluding hydrogens is 244 g/mol. The Hall–Kier alpha value is -0.210. The monoisotopic (exact) mass is 266 g/mol. The van der Waals surface area contributed by atoms with E-state index in [1.165, 1.54) is 11.4 Å². The molecule has 0 radical (unpaired) electrons. The van der Waals surface area contributed by atoms with Gasteiger partial charge in [0, 0.05) is 20.1 Å². The first-order valence-electron chi connectivity index (χ1n) is 5.80. The van der Waals surface area contributed by atoms with Gasteiger partial charge in [-0.3, -0.25) is 0 Å². The van der Waals surface area contributed by atoms with Crippen LogP contribution in [0, 0.1) is 0 Å². The molecule has 2 N–H and O–H groups in total. The zero-order valence-corrected chi connectivity index (χ0v) is 11.4. The number of hydrogen-bond donors (Lipinski definition) is 2. The van der Waals surface area contributed by atoms with E-state index in [2.05, 4.69) is 5.32 Å². The number of hydrogen-bond acceptors (Lipinski definition) is 5. The first kappa shape index (κ1) is 14.8. The van der Waals surface area contributed by atoms with Gasteiger partial charge in [0.05, 0.1) is 30.6 Å². The standard InChI is InChI=1S/C10H22N2O4S/c1-8(2)16-4-5-17(14,15)12(3)9-6-11-7-10(9)13/h8-11,13H,4-7H2,1-3H3/t9-,10-/m1/s1. The maximum atomic E-state index is 12.0. The molecule has 1 fully saturated rings. The quantitative estimate of drug-likeness (QED) is 0.645. The van der Waals surface area contributed by atoms with Crippen molar-refractivity contribution in [3.8, 4) is 0 Å². The lowest BCUT2D eigenvalue weighted by molar-refractivity contribution is 0.0898. The van der Waals surface area contributed by atoms with Crippen LogP contribution in [0.3, 0.4) is 0 Å². The van der Waals surface area contributed by atoms with Crippen molar-refractivity contribution in [1.82, 2.24) is 9.62 Å². The minimum Gasteiger partial charge on any atom is -0.390 e. The fraction of sp³-hybridized carbons (Fsp3) is 1.00. The number of likely N-dealkylation sites (N-methyl/N-ethyl adjacent to an activating group) is 1. The summed E-state index contributed by atoms with van der Waals surface area (Å²) < 4.78 is 30.4. The van der Waals surface area contributed by atoms with Crippen LogP contribution in [0.5, 0.6) is 0 Å². The molecule has 2 atom stereocenters. The molecule has 0 amide bonds. The highest BCUT2D eigenvalue weighted by atomic mass is 32.2. The lowest BCUT2D eigenvalue weighted by Crippen LogP contribution is -2.45. The number of β-amino-alcohol motifs (C(OH)–C–C–N with tert-alkyl or cyclic N) is 1. The van der Waals surface area contributed by atoms with E-state index in [0.717, 1.165) is 0 Å². The van der Waals surface area contributed by atoms with E-state index in [0.29, 0.717) is 13.1 Å². The molecule has 17 heavy (non-hydrogen) atoms. The molecule has 0 aromatic heterocycles. The minimum atomic E-state index is -3.36. The predicted molar refractivity (Wildman–Crippen MR) is 65.3 cm³/mol. The van der Waals surface area contributed by atoms with E-state index in [1.807, 2.05) is 13.8 Å². The van der Waals surface area contributed by atoms with Crippen LogP contribution in [0.15, 0.2) is 0 Å². The Balaban J connectivity index is 2.51. The zero-order valence-electron chi connectivity index (χ0n) is 10.6. The summed E-state index contributed by atoms with van der Waals surface area (Å²) >= 11 is 0. The lowest BCUT2D eigenvalue weighted by atomic mass is 10.2. The molecular formula is C10H22N2O4S. The molecule has 1 aliphatic rings. The Bertz CT molecular complexity index is 331. The van der Waals surface area contributed by atoms with Gasteiger partial charge < -0.3 is 15.2 Å². The molecule has 0 bridgehead atoms. The van der Waals surface area contributed by atoms with Crippen LogP contribution in [0.25, 0.3) is 0 Å². The van der Waals surface area contributed by atoms with Gasteiger partial charge in [0.2, 0.25) is 10.0 Å². The second-order valence-corrected chi connectivity index (χ2v) is 6.69. The van der Waals surface area contributed by atoms with Crippen molar-refractivity contribution < 1.29 is 18.3 Å². The molecule has 0 saturated carbocycles. The summed E-state index contributed by atoms with van der Waals surface area (Å²) in [7, 11) is -1.86. The number of nitrogens with one attached hydrogen (secondary N) is 1. The highest BCUT2D eigenvalue weighted by Gasteiger charge is 2.34. The van der Waals surface area contributed by atoms with Crippen molar-refractivity contribution in [2.24, 2.45) is 0 Å². The first-order valence-corrected chi connectivity index (χ1v) is 7.41. The van der Waals surface area contributed by atoms with Crippen LogP contribution in [0.4, 0.5) is 0 Å². The molecule has 7 heteroatoms. The van der Waals surface area contributed by atoms with Crippen LogP contribution in [-0.2, 0) is 14.8 Å². The molecule has 1 heterocycles. The van der Waals surface area contributed by atoms with Gasteiger partial charge in [-0.1, -0.05) is 0 Å². The molecule has 1 rings (SSSR count). The molecule has 1 saturated heterocycles. The number of rotatable bonds is 6. The zero-order chi connectivity index (χ0) is 13.1. The minimum absolute atomic E-state index is 0.0224. The number of aliphatic hydroxyl groups excluding tert-OH is 1. The van der Waals surface area contributed by atoms with Gasteiger partial charge in [0.15, 0.2) is 0 Å². The number of aliphatic hydroxyl groups is 1. The Morgan fingerprint density at radius 1 is 1.47 bits per heavy atom. The van der Waals surface area contributed by atoms with Gasteiger partial charge >= 0.3 is 0 Å². The van der Waals surface area contributed by atoms with E-state index in [-0.39, 0.29) is 24.5 Å². The molecule has 102 valence electrons. The van der Waals surface area contributed by atoms with Crippen LogP contribution in [-0.4, -0.2) is 68.6 Å². The SMILES string of the molecule is CC(C)OCCS(=O)(=O)N(C)[C@@H]1CNC[C@H]1O. The van der Waals surface area contributed by atoms with Crippen LogP contribution < -0.4 is 5.32 Å². The second-order valence-electron chi connectivity index (χ2n) is 4.54. The first-order chi connectivity index (χ1) is 7.84. The average Bonchev–Trinajstić information content (AvgIpc) is 2.62. The van der Waals surface area contributed by atoms with Gasteiger partial charge in [0.1, 0.15) is 0 Å². The van der Waals surface area contributed by atoms with Crippen LogP contribution in [0.1, 0.15) is 13.8 Å². The maximum Gasteiger partial charge on any atom is 0.216 e. The predicted octanol–water partition coefficient (Wildman–Crippen LogP) is -0.994. The summed E-state index contributed by atoms with van der Waals surface area (Å²) in [6, 6.07) is -0.376. The molecule has 1 aliphatic heterocycles. The Morgan fingerprint density at radius 2 is 2.12 bits per heavy atom.